The van der Waals surface area contributed by atoms with Gasteiger partial charge in [-0.05, 0) is 19.1 Å². The maximum Gasteiger partial charge on any atom is 0.354 e. The van der Waals surface area contributed by atoms with Gasteiger partial charge >= 0.3 is 11.7 Å². The third-order valence-corrected chi connectivity index (χ3v) is 3.96. The minimum absolute atomic E-state index is 0.139. The predicted octanol–water partition coefficient (Wildman–Crippen LogP) is 0.0343. The Morgan fingerprint density at radius 1 is 1.44 bits per heavy atom. The molecule has 132 valence electrons. The van der Waals surface area contributed by atoms with Gasteiger partial charge < -0.3 is 20.3 Å². The molecule has 9 heteroatoms. The van der Waals surface area contributed by atoms with E-state index in [9.17, 15) is 14.7 Å². The summed E-state index contributed by atoms with van der Waals surface area (Å²) >= 11 is 0. The largest absolute Gasteiger partial charge is 0.456 e. The van der Waals surface area contributed by atoms with Crippen LogP contribution in [-0.4, -0.2) is 44.4 Å². The minimum atomic E-state index is -0.749. The fourth-order valence-corrected chi connectivity index (χ4v) is 2.61. The van der Waals surface area contributed by atoms with Gasteiger partial charge in [-0.15, -0.1) is 0 Å². The van der Waals surface area contributed by atoms with E-state index in [1.807, 2.05) is 6.92 Å². The lowest BCUT2D eigenvalue weighted by Gasteiger charge is -2.16. The number of nitrogen functional groups attached to an aromatic ring is 1. The van der Waals surface area contributed by atoms with Crippen LogP contribution >= 0.6 is 0 Å². The van der Waals surface area contributed by atoms with Crippen LogP contribution in [0.15, 0.2) is 35.4 Å². The molecule has 0 unspecified atom stereocenters. The van der Waals surface area contributed by atoms with Crippen LogP contribution in [0.1, 0.15) is 28.6 Å². The van der Waals surface area contributed by atoms with Crippen molar-refractivity contribution >= 4 is 11.9 Å². The number of carbonyl (C=O) groups excluding carboxylic acids is 1. The van der Waals surface area contributed by atoms with Crippen molar-refractivity contribution in [3.63, 3.8) is 0 Å². The van der Waals surface area contributed by atoms with Gasteiger partial charge in [-0.3, -0.25) is 4.57 Å². The van der Waals surface area contributed by atoms with E-state index in [1.165, 1.54) is 6.33 Å². The first kappa shape index (κ1) is 17.1. The van der Waals surface area contributed by atoms with E-state index in [-0.39, 0.29) is 19.0 Å². The van der Waals surface area contributed by atoms with Crippen molar-refractivity contribution in [1.82, 2.24) is 14.5 Å². The number of ether oxygens (including phenoxy) is 2. The van der Waals surface area contributed by atoms with Crippen LogP contribution in [-0.2, 0) is 9.47 Å². The Kier molecular flexibility index (Phi) is 4.77. The molecule has 9 nitrogen and oxygen atoms in total. The molecule has 3 atom stereocenters. The Morgan fingerprint density at radius 2 is 2.16 bits per heavy atom. The number of esters is 1. The Hall–Kier alpha value is -2.78. The number of aliphatic hydroxyl groups excluding tert-OH is 1. The molecule has 1 fully saturated rings. The van der Waals surface area contributed by atoms with Crippen LogP contribution in [0.5, 0.6) is 0 Å². The highest BCUT2D eigenvalue weighted by molar-refractivity contribution is 5.89. The second-order valence-corrected chi connectivity index (χ2v) is 5.76. The van der Waals surface area contributed by atoms with Gasteiger partial charge in [0.25, 0.3) is 0 Å². The molecule has 3 N–H and O–H groups in total. The zero-order valence-electron chi connectivity index (χ0n) is 13.5. The summed E-state index contributed by atoms with van der Waals surface area (Å²) in [5, 5.41) is 9.48. The monoisotopic (exact) mass is 346 g/mol. The average molecular weight is 346 g/mol. The Balaban J connectivity index is 1.74. The van der Waals surface area contributed by atoms with Crippen molar-refractivity contribution in [3.05, 3.63) is 52.2 Å². The second-order valence-electron chi connectivity index (χ2n) is 5.76. The molecule has 3 rings (SSSR count). The number of aromatic nitrogens is 3. The smallest absolute Gasteiger partial charge is 0.354 e. The summed E-state index contributed by atoms with van der Waals surface area (Å²) in [5.41, 5.74) is 6.16. The van der Waals surface area contributed by atoms with Gasteiger partial charge in [-0.25, -0.2) is 14.6 Å². The SMILES string of the molecule is Cc1ccc(C(=O)O[C@H]2C[C@H](n3cnc(N)nc3=O)O[C@@H]2CO)cc1. The average Bonchev–Trinajstić information content (AvgIpc) is 2.98. The fourth-order valence-electron chi connectivity index (χ4n) is 2.61. The van der Waals surface area contributed by atoms with Gasteiger partial charge in [0, 0.05) is 6.42 Å². The first-order valence-electron chi connectivity index (χ1n) is 7.72. The van der Waals surface area contributed by atoms with Crippen molar-refractivity contribution in [2.75, 3.05) is 12.3 Å². The molecule has 1 aliphatic rings. The molecule has 0 amide bonds. The normalized spacial score (nSPS) is 22.7. The second kappa shape index (κ2) is 6.99. The molecule has 0 bridgehead atoms. The lowest BCUT2D eigenvalue weighted by molar-refractivity contribution is -0.0524. The van der Waals surface area contributed by atoms with E-state index in [0.29, 0.717) is 5.56 Å². The number of rotatable bonds is 4. The molecular formula is C16H18N4O5. The van der Waals surface area contributed by atoms with Gasteiger partial charge in [0.05, 0.1) is 12.2 Å². The number of anilines is 1. The van der Waals surface area contributed by atoms with Gasteiger partial charge in [-0.1, -0.05) is 17.7 Å². The van der Waals surface area contributed by atoms with Crippen molar-refractivity contribution < 1.29 is 19.4 Å². The zero-order chi connectivity index (χ0) is 18.0. The summed E-state index contributed by atoms with van der Waals surface area (Å²) in [6.07, 6.45) is -0.789. The van der Waals surface area contributed by atoms with Crippen LogP contribution in [0.2, 0.25) is 0 Å². The molecule has 0 saturated carbocycles. The molecule has 1 aromatic carbocycles. The fraction of sp³-hybridized carbons (Fsp3) is 0.375. The van der Waals surface area contributed by atoms with E-state index in [1.54, 1.807) is 24.3 Å². The van der Waals surface area contributed by atoms with E-state index in [2.05, 4.69) is 9.97 Å². The third kappa shape index (κ3) is 3.67. The summed E-state index contributed by atoms with van der Waals surface area (Å²) in [7, 11) is 0. The Morgan fingerprint density at radius 3 is 2.80 bits per heavy atom. The molecule has 0 spiro atoms. The van der Waals surface area contributed by atoms with Crippen molar-refractivity contribution in [3.8, 4) is 0 Å². The van der Waals surface area contributed by atoms with Crippen molar-refractivity contribution in [1.29, 1.82) is 0 Å². The van der Waals surface area contributed by atoms with E-state index < -0.39 is 30.1 Å². The Bertz CT molecular complexity index is 820. The van der Waals surface area contributed by atoms with Crippen LogP contribution in [0.25, 0.3) is 0 Å². The number of hydrogen-bond donors (Lipinski definition) is 2. The van der Waals surface area contributed by atoms with E-state index in [0.717, 1.165) is 10.1 Å². The number of benzene rings is 1. The van der Waals surface area contributed by atoms with Gasteiger partial charge in [-0.2, -0.15) is 4.98 Å². The number of aliphatic hydroxyl groups is 1. The lowest BCUT2D eigenvalue weighted by atomic mass is 10.1. The molecule has 0 radical (unpaired) electrons. The summed E-state index contributed by atoms with van der Waals surface area (Å²) in [5.74, 6) is -0.658. The molecule has 1 aliphatic heterocycles. The number of nitrogens with zero attached hydrogens (tertiary/aromatic N) is 3. The van der Waals surface area contributed by atoms with E-state index >= 15 is 0 Å². The molecule has 2 heterocycles. The zero-order valence-corrected chi connectivity index (χ0v) is 13.5. The van der Waals surface area contributed by atoms with Gasteiger partial charge in [0.1, 0.15) is 24.8 Å². The highest BCUT2D eigenvalue weighted by atomic mass is 16.6. The van der Waals surface area contributed by atoms with Crippen LogP contribution in [0, 0.1) is 6.92 Å². The first-order chi connectivity index (χ1) is 12.0. The summed E-state index contributed by atoms with van der Waals surface area (Å²) < 4.78 is 12.2. The Labute approximate surface area is 143 Å². The third-order valence-electron chi connectivity index (χ3n) is 3.96. The van der Waals surface area contributed by atoms with Crippen molar-refractivity contribution in [2.45, 2.75) is 31.8 Å². The van der Waals surface area contributed by atoms with E-state index in [4.69, 9.17) is 15.2 Å². The highest BCUT2D eigenvalue weighted by Crippen LogP contribution is 2.30. The van der Waals surface area contributed by atoms with Crippen LogP contribution < -0.4 is 11.4 Å². The topological polar surface area (TPSA) is 130 Å². The standard InChI is InChI=1S/C16H18N4O5/c1-9-2-4-10(5-3-9)14(22)25-11-6-13(24-12(11)7-21)20-8-18-15(17)19-16(20)23/h2-5,8,11-13,21H,6-7H2,1H3,(H2,17,19,23)/t11-,12+,13+/m0/s1. The molecule has 1 saturated heterocycles. The molecule has 2 aromatic rings. The van der Waals surface area contributed by atoms with Gasteiger partial charge in [0.2, 0.25) is 5.95 Å². The van der Waals surface area contributed by atoms with Gasteiger partial charge in [0.15, 0.2) is 0 Å². The lowest BCUT2D eigenvalue weighted by Crippen LogP contribution is -2.30. The minimum Gasteiger partial charge on any atom is -0.456 e. The molecule has 1 aromatic heterocycles. The summed E-state index contributed by atoms with van der Waals surface area (Å²) in [6.45, 7) is 1.56. The maximum absolute atomic E-state index is 12.3. The maximum atomic E-state index is 12.3. The summed E-state index contributed by atoms with van der Waals surface area (Å²) in [4.78, 5) is 31.4. The number of carbonyl (C=O) groups is 1. The summed E-state index contributed by atoms with van der Waals surface area (Å²) in [6, 6.07) is 6.94. The quantitative estimate of drug-likeness (QED) is 0.742. The molecule has 25 heavy (non-hydrogen) atoms. The number of aryl methyl sites for hydroxylation is 1. The van der Waals surface area contributed by atoms with Crippen LogP contribution in [0.4, 0.5) is 5.95 Å². The molecular weight excluding hydrogens is 328 g/mol. The first-order valence-corrected chi connectivity index (χ1v) is 7.72. The van der Waals surface area contributed by atoms with Crippen LogP contribution in [0.3, 0.4) is 0 Å². The highest BCUT2D eigenvalue weighted by Gasteiger charge is 2.39. The number of hydrogen-bond acceptors (Lipinski definition) is 8. The number of nitrogens with two attached hydrogens (primary N) is 1. The predicted molar refractivity (Wildman–Crippen MR) is 86.7 cm³/mol. The molecule has 0 aliphatic carbocycles. The van der Waals surface area contributed by atoms with Crippen molar-refractivity contribution in [2.24, 2.45) is 0 Å².